The highest BCUT2D eigenvalue weighted by molar-refractivity contribution is 5.93. The number of rotatable bonds is 6. The molecule has 1 heterocycles. The van der Waals surface area contributed by atoms with Crippen molar-refractivity contribution in [3.63, 3.8) is 0 Å². The molecular formula is C15H16N2O5. The van der Waals surface area contributed by atoms with E-state index in [1.165, 1.54) is 6.07 Å². The van der Waals surface area contributed by atoms with Gasteiger partial charge in [-0.15, -0.1) is 0 Å². The molecule has 1 N–H and O–H groups in total. The lowest BCUT2D eigenvalue weighted by atomic mass is 10.2. The van der Waals surface area contributed by atoms with E-state index in [9.17, 15) is 9.59 Å². The average molecular weight is 304 g/mol. The fourth-order valence-electron chi connectivity index (χ4n) is 1.63. The van der Waals surface area contributed by atoms with E-state index in [0.29, 0.717) is 11.4 Å². The van der Waals surface area contributed by atoms with E-state index >= 15 is 0 Å². The van der Waals surface area contributed by atoms with Gasteiger partial charge < -0.3 is 19.3 Å². The number of aryl methyl sites for hydroxylation is 2. The number of amides is 1. The Morgan fingerprint density at radius 2 is 2.00 bits per heavy atom. The molecule has 1 aromatic carbocycles. The van der Waals surface area contributed by atoms with E-state index in [0.717, 1.165) is 5.56 Å². The Kier molecular flexibility index (Phi) is 5.13. The highest BCUT2D eigenvalue weighted by Gasteiger charge is 2.10. The van der Waals surface area contributed by atoms with Crippen LogP contribution in [0.3, 0.4) is 0 Å². The molecule has 2 rings (SSSR count). The van der Waals surface area contributed by atoms with Crippen LogP contribution in [-0.2, 0) is 14.3 Å². The summed E-state index contributed by atoms with van der Waals surface area (Å²) in [6.45, 7) is 2.85. The van der Waals surface area contributed by atoms with Gasteiger partial charge in [-0.1, -0.05) is 18.2 Å². The average Bonchev–Trinajstić information content (AvgIpc) is 2.91. The first-order valence-electron chi connectivity index (χ1n) is 6.62. The van der Waals surface area contributed by atoms with Crippen molar-refractivity contribution in [3.8, 4) is 5.88 Å². The largest absolute Gasteiger partial charge is 0.463 e. The summed E-state index contributed by atoms with van der Waals surface area (Å²) < 4.78 is 14.6. The molecule has 0 atom stereocenters. The van der Waals surface area contributed by atoms with Gasteiger partial charge in [0.2, 0.25) is 0 Å². The van der Waals surface area contributed by atoms with Crippen molar-refractivity contribution >= 4 is 17.6 Å². The molecule has 7 nitrogen and oxygen atoms in total. The van der Waals surface area contributed by atoms with Gasteiger partial charge in [-0.2, -0.15) is 0 Å². The molecule has 7 heteroatoms. The standard InChI is InChI=1S/C15H16N2O5/c1-10-5-3-4-6-12(10)16-13(18)8-21-15(19)9-20-14-7-11(2)22-17-14/h3-7H,8-9H2,1-2H3,(H,16,18). The van der Waals surface area contributed by atoms with Crippen molar-refractivity contribution in [2.75, 3.05) is 18.5 Å². The van der Waals surface area contributed by atoms with Gasteiger partial charge in [0.25, 0.3) is 11.8 Å². The van der Waals surface area contributed by atoms with Gasteiger partial charge in [0, 0.05) is 11.8 Å². The minimum atomic E-state index is -0.666. The smallest absolute Gasteiger partial charge is 0.344 e. The highest BCUT2D eigenvalue weighted by atomic mass is 16.6. The Morgan fingerprint density at radius 1 is 1.23 bits per heavy atom. The number of aromatic nitrogens is 1. The summed E-state index contributed by atoms with van der Waals surface area (Å²) >= 11 is 0. The van der Waals surface area contributed by atoms with Crippen LogP contribution < -0.4 is 10.1 Å². The van der Waals surface area contributed by atoms with Gasteiger partial charge in [-0.3, -0.25) is 4.79 Å². The quantitative estimate of drug-likeness (QED) is 0.819. The third-order valence-corrected chi connectivity index (χ3v) is 2.73. The third kappa shape index (κ3) is 4.62. The number of nitrogens with zero attached hydrogens (tertiary/aromatic N) is 1. The van der Waals surface area contributed by atoms with Crippen LogP contribution in [0.4, 0.5) is 5.69 Å². The summed E-state index contributed by atoms with van der Waals surface area (Å²) in [7, 11) is 0. The molecule has 0 saturated heterocycles. The molecule has 1 aromatic heterocycles. The number of nitrogens with one attached hydrogen (secondary N) is 1. The van der Waals surface area contributed by atoms with Crippen LogP contribution in [0.1, 0.15) is 11.3 Å². The van der Waals surface area contributed by atoms with Gasteiger partial charge >= 0.3 is 5.97 Å². The van der Waals surface area contributed by atoms with Crippen LogP contribution in [0.2, 0.25) is 0 Å². The number of para-hydroxylation sites is 1. The second-order valence-corrected chi connectivity index (χ2v) is 4.59. The Morgan fingerprint density at radius 3 is 2.68 bits per heavy atom. The van der Waals surface area contributed by atoms with Gasteiger partial charge in [-0.25, -0.2) is 4.79 Å². The zero-order chi connectivity index (χ0) is 15.9. The van der Waals surface area contributed by atoms with Crippen LogP contribution in [0.25, 0.3) is 0 Å². The molecule has 0 bridgehead atoms. The van der Waals surface area contributed by atoms with Crippen LogP contribution in [-0.4, -0.2) is 30.2 Å². The maximum Gasteiger partial charge on any atom is 0.344 e. The SMILES string of the molecule is Cc1cc(OCC(=O)OCC(=O)Nc2ccccc2C)no1. The number of benzene rings is 1. The van der Waals surface area contributed by atoms with Crippen molar-refractivity contribution in [3.05, 3.63) is 41.7 Å². The minimum absolute atomic E-state index is 0.193. The zero-order valence-corrected chi connectivity index (χ0v) is 12.3. The number of esters is 1. The number of ether oxygens (including phenoxy) is 2. The van der Waals surface area contributed by atoms with Crippen LogP contribution in [0.15, 0.2) is 34.9 Å². The van der Waals surface area contributed by atoms with Gasteiger partial charge in [0.1, 0.15) is 5.76 Å². The molecule has 0 saturated carbocycles. The summed E-state index contributed by atoms with van der Waals surface area (Å²) in [5, 5.41) is 6.22. The molecule has 0 aliphatic carbocycles. The summed E-state index contributed by atoms with van der Waals surface area (Å²) in [5.74, 6) is -0.319. The highest BCUT2D eigenvalue weighted by Crippen LogP contribution is 2.13. The second kappa shape index (κ2) is 7.26. The number of hydrogen-bond acceptors (Lipinski definition) is 6. The molecule has 1 amide bonds. The zero-order valence-electron chi connectivity index (χ0n) is 12.3. The first kappa shape index (κ1) is 15.6. The molecule has 22 heavy (non-hydrogen) atoms. The van der Waals surface area contributed by atoms with Crippen molar-refractivity contribution in [1.82, 2.24) is 5.16 Å². The second-order valence-electron chi connectivity index (χ2n) is 4.59. The van der Waals surface area contributed by atoms with Crippen molar-refractivity contribution in [1.29, 1.82) is 0 Å². The molecule has 0 aliphatic heterocycles. The lowest BCUT2D eigenvalue weighted by molar-refractivity contribution is -0.149. The molecule has 0 radical (unpaired) electrons. The number of anilines is 1. The van der Waals surface area contributed by atoms with Crippen LogP contribution in [0.5, 0.6) is 5.88 Å². The van der Waals surface area contributed by atoms with Gasteiger partial charge in [0.05, 0.1) is 0 Å². The van der Waals surface area contributed by atoms with Crippen molar-refractivity contribution in [2.24, 2.45) is 0 Å². The fraction of sp³-hybridized carbons (Fsp3) is 0.267. The molecular weight excluding hydrogens is 288 g/mol. The maximum atomic E-state index is 11.7. The summed E-state index contributed by atoms with van der Waals surface area (Å²) in [6, 6.07) is 8.86. The normalized spacial score (nSPS) is 10.1. The van der Waals surface area contributed by atoms with Gasteiger partial charge in [0.15, 0.2) is 13.2 Å². The Labute approximate surface area is 127 Å². The molecule has 2 aromatic rings. The predicted octanol–water partition coefficient (Wildman–Crippen LogP) is 1.85. The summed E-state index contributed by atoms with van der Waals surface area (Å²) in [5.41, 5.74) is 1.60. The summed E-state index contributed by atoms with van der Waals surface area (Å²) in [4.78, 5) is 23.2. The number of carbonyl (C=O) groups excluding carboxylic acids is 2. The Hall–Kier alpha value is -2.83. The lowest BCUT2D eigenvalue weighted by Crippen LogP contribution is -2.24. The topological polar surface area (TPSA) is 90.7 Å². The van der Waals surface area contributed by atoms with Gasteiger partial charge in [-0.05, 0) is 30.6 Å². The van der Waals surface area contributed by atoms with E-state index in [1.54, 1.807) is 13.0 Å². The summed E-state index contributed by atoms with van der Waals surface area (Å²) in [6.07, 6.45) is 0. The Balaban J connectivity index is 1.71. The monoisotopic (exact) mass is 304 g/mol. The first-order chi connectivity index (χ1) is 10.5. The van der Waals surface area contributed by atoms with E-state index in [4.69, 9.17) is 14.0 Å². The van der Waals surface area contributed by atoms with Crippen LogP contribution in [0, 0.1) is 13.8 Å². The van der Waals surface area contributed by atoms with E-state index in [-0.39, 0.29) is 19.1 Å². The molecule has 0 fully saturated rings. The molecule has 116 valence electrons. The van der Waals surface area contributed by atoms with Crippen molar-refractivity contribution < 1.29 is 23.6 Å². The fourth-order valence-corrected chi connectivity index (χ4v) is 1.63. The molecule has 0 unspecified atom stereocenters. The van der Waals surface area contributed by atoms with E-state index in [1.807, 2.05) is 25.1 Å². The maximum absolute atomic E-state index is 11.7. The van der Waals surface area contributed by atoms with E-state index in [2.05, 4.69) is 10.5 Å². The lowest BCUT2D eigenvalue weighted by Gasteiger charge is -2.08. The number of hydrogen-bond donors (Lipinski definition) is 1. The van der Waals surface area contributed by atoms with E-state index < -0.39 is 11.9 Å². The Bertz CT molecular complexity index is 665. The minimum Gasteiger partial charge on any atom is -0.463 e. The third-order valence-electron chi connectivity index (χ3n) is 2.73. The van der Waals surface area contributed by atoms with Crippen LogP contribution >= 0.6 is 0 Å². The van der Waals surface area contributed by atoms with Crippen molar-refractivity contribution in [2.45, 2.75) is 13.8 Å². The molecule has 0 spiro atoms. The predicted molar refractivity (Wildman–Crippen MR) is 77.5 cm³/mol. The molecule has 0 aliphatic rings. The first-order valence-corrected chi connectivity index (χ1v) is 6.62. The number of carbonyl (C=O) groups is 2.